The molecule has 3 heterocycles. The molecule has 1 saturated heterocycles. The molecule has 1 aliphatic rings. The van der Waals surface area contributed by atoms with E-state index < -0.39 is 0 Å². The summed E-state index contributed by atoms with van der Waals surface area (Å²) in [7, 11) is 0. The molecule has 2 aromatic heterocycles. The standard InChI is InChI=1S/C15H18N4/c1-12-17-9-6-15(18-12)19-10-2-3-14(11-19)13-4-7-16-8-5-13/h4-9,14H,2-3,10-11H2,1H3. The highest BCUT2D eigenvalue weighted by Gasteiger charge is 2.22. The normalized spacial score (nSPS) is 19.4. The fourth-order valence-corrected chi connectivity index (χ4v) is 2.71. The molecule has 98 valence electrons. The second-order valence-corrected chi connectivity index (χ2v) is 5.03. The van der Waals surface area contributed by atoms with E-state index in [1.807, 2.05) is 31.6 Å². The van der Waals surface area contributed by atoms with Gasteiger partial charge in [0.25, 0.3) is 0 Å². The van der Waals surface area contributed by atoms with Gasteiger partial charge in [-0.1, -0.05) is 0 Å². The predicted molar refractivity (Wildman–Crippen MR) is 75.2 cm³/mol. The smallest absolute Gasteiger partial charge is 0.132 e. The first kappa shape index (κ1) is 12.1. The predicted octanol–water partition coefficient (Wildman–Crippen LogP) is 2.56. The number of piperidine rings is 1. The summed E-state index contributed by atoms with van der Waals surface area (Å²) in [5.74, 6) is 2.46. The lowest BCUT2D eigenvalue weighted by molar-refractivity contribution is 0.506. The molecule has 0 saturated carbocycles. The van der Waals surface area contributed by atoms with Gasteiger partial charge in [-0.05, 0) is 43.5 Å². The van der Waals surface area contributed by atoms with Crippen LogP contribution in [0.2, 0.25) is 0 Å². The molecule has 0 bridgehead atoms. The van der Waals surface area contributed by atoms with Gasteiger partial charge in [0, 0.05) is 37.6 Å². The molecule has 0 N–H and O–H groups in total. The Bertz CT molecular complexity index is 541. The summed E-state index contributed by atoms with van der Waals surface area (Å²) < 4.78 is 0. The molecule has 0 aromatic carbocycles. The summed E-state index contributed by atoms with van der Waals surface area (Å²) in [5, 5.41) is 0. The average Bonchev–Trinajstić information content (AvgIpc) is 2.48. The van der Waals surface area contributed by atoms with Crippen LogP contribution >= 0.6 is 0 Å². The van der Waals surface area contributed by atoms with Crippen LogP contribution < -0.4 is 4.90 Å². The number of hydrogen-bond donors (Lipinski definition) is 0. The Morgan fingerprint density at radius 1 is 1.16 bits per heavy atom. The highest BCUT2D eigenvalue weighted by Crippen LogP contribution is 2.28. The molecule has 1 unspecified atom stereocenters. The molecular weight excluding hydrogens is 236 g/mol. The molecule has 1 aliphatic heterocycles. The van der Waals surface area contributed by atoms with Gasteiger partial charge < -0.3 is 4.90 Å². The van der Waals surface area contributed by atoms with Crippen molar-refractivity contribution in [3.63, 3.8) is 0 Å². The number of hydrogen-bond acceptors (Lipinski definition) is 4. The van der Waals surface area contributed by atoms with Gasteiger partial charge in [0.15, 0.2) is 0 Å². The topological polar surface area (TPSA) is 41.9 Å². The first-order chi connectivity index (χ1) is 9.33. The minimum Gasteiger partial charge on any atom is -0.356 e. The molecule has 0 spiro atoms. The maximum Gasteiger partial charge on any atom is 0.132 e. The fourth-order valence-electron chi connectivity index (χ4n) is 2.71. The number of aryl methyl sites for hydroxylation is 1. The minimum absolute atomic E-state index is 0.576. The average molecular weight is 254 g/mol. The Morgan fingerprint density at radius 2 is 2.00 bits per heavy atom. The van der Waals surface area contributed by atoms with Crippen molar-refractivity contribution in [3.05, 3.63) is 48.2 Å². The monoisotopic (exact) mass is 254 g/mol. The molecule has 0 aliphatic carbocycles. The molecular formula is C15H18N4. The van der Waals surface area contributed by atoms with Crippen molar-refractivity contribution in [2.75, 3.05) is 18.0 Å². The van der Waals surface area contributed by atoms with Crippen molar-refractivity contribution in [1.82, 2.24) is 15.0 Å². The van der Waals surface area contributed by atoms with Crippen LogP contribution in [0.3, 0.4) is 0 Å². The van der Waals surface area contributed by atoms with Crippen molar-refractivity contribution in [2.45, 2.75) is 25.7 Å². The second kappa shape index (κ2) is 5.34. The Labute approximate surface area is 113 Å². The van der Waals surface area contributed by atoms with Gasteiger partial charge in [0.2, 0.25) is 0 Å². The van der Waals surface area contributed by atoms with Crippen LogP contribution in [0.5, 0.6) is 0 Å². The van der Waals surface area contributed by atoms with Crippen LogP contribution in [0.4, 0.5) is 5.82 Å². The summed E-state index contributed by atoms with van der Waals surface area (Å²) in [6.45, 7) is 4.05. The minimum atomic E-state index is 0.576. The maximum absolute atomic E-state index is 4.53. The van der Waals surface area contributed by atoms with Crippen molar-refractivity contribution >= 4 is 5.82 Å². The zero-order valence-corrected chi connectivity index (χ0v) is 11.2. The van der Waals surface area contributed by atoms with Gasteiger partial charge in [-0.3, -0.25) is 4.98 Å². The summed E-state index contributed by atoms with van der Waals surface area (Å²) in [5.41, 5.74) is 1.38. The molecule has 4 nitrogen and oxygen atoms in total. The number of anilines is 1. The van der Waals surface area contributed by atoms with Crippen LogP contribution in [0.25, 0.3) is 0 Å². The Morgan fingerprint density at radius 3 is 2.79 bits per heavy atom. The van der Waals surface area contributed by atoms with E-state index in [1.54, 1.807) is 0 Å². The third-order valence-electron chi connectivity index (χ3n) is 3.68. The lowest BCUT2D eigenvalue weighted by Crippen LogP contribution is -2.35. The van der Waals surface area contributed by atoms with E-state index in [9.17, 15) is 0 Å². The molecule has 3 rings (SSSR count). The van der Waals surface area contributed by atoms with E-state index in [-0.39, 0.29) is 0 Å². The second-order valence-electron chi connectivity index (χ2n) is 5.03. The zero-order valence-electron chi connectivity index (χ0n) is 11.2. The van der Waals surface area contributed by atoms with E-state index in [0.29, 0.717) is 5.92 Å². The van der Waals surface area contributed by atoms with Crippen LogP contribution in [0, 0.1) is 6.92 Å². The molecule has 1 atom stereocenters. The van der Waals surface area contributed by atoms with E-state index in [4.69, 9.17) is 0 Å². The summed E-state index contributed by atoms with van der Waals surface area (Å²) in [6.07, 6.45) is 8.04. The molecule has 1 fully saturated rings. The number of rotatable bonds is 2. The highest BCUT2D eigenvalue weighted by molar-refractivity contribution is 5.39. The van der Waals surface area contributed by atoms with E-state index in [1.165, 1.54) is 18.4 Å². The first-order valence-corrected chi connectivity index (χ1v) is 6.77. The SMILES string of the molecule is Cc1nccc(N2CCCC(c3ccncc3)C2)n1. The quantitative estimate of drug-likeness (QED) is 0.826. The van der Waals surface area contributed by atoms with Crippen LogP contribution in [-0.4, -0.2) is 28.0 Å². The maximum atomic E-state index is 4.53. The fraction of sp³-hybridized carbons (Fsp3) is 0.400. The first-order valence-electron chi connectivity index (χ1n) is 6.77. The Kier molecular flexibility index (Phi) is 3.40. The van der Waals surface area contributed by atoms with Gasteiger partial charge in [0.05, 0.1) is 0 Å². The zero-order chi connectivity index (χ0) is 13.1. The van der Waals surface area contributed by atoms with Gasteiger partial charge in [-0.15, -0.1) is 0 Å². The largest absolute Gasteiger partial charge is 0.356 e. The number of nitrogens with zero attached hydrogens (tertiary/aromatic N) is 4. The third-order valence-corrected chi connectivity index (χ3v) is 3.68. The van der Waals surface area contributed by atoms with E-state index in [2.05, 4.69) is 32.0 Å². The van der Waals surface area contributed by atoms with Gasteiger partial charge in [-0.2, -0.15) is 0 Å². The Balaban J connectivity index is 1.78. The number of aromatic nitrogens is 3. The van der Waals surface area contributed by atoms with Crippen LogP contribution in [-0.2, 0) is 0 Å². The van der Waals surface area contributed by atoms with Gasteiger partial charge in [-0.25, -0.2) is 9.97 Å². The van der Waals surface area contributed by atoms with Gasteiger partial charge >= 0.3 is 0 Å². The third kappa shape index (κ3) is 2.72. The molecule has 2 aromatic rings. The van der Waals surface area contributed by atoms with E-state index >= 15 is 0 Å². The lowest BCUT2D eigenvalue weighted by atomic mass is 9.91. The summed E-state index contributed by atoms with van der Waals surface area (Å²) >= 11 is 0. The van der Waals surface area contributed by atoms with Crippen molar-refractivity contribution in [1.29, 1.82) is 0 Å². The Hall–Kier alpha value is -1.97. The van der Waals surface area contributed by atoms with Crippen molar-refractivity contribution in [2.24, 2.45) is 0 Å². The van der Waals surface area contributed by atoms with Crippen LogP contribution in [0.15, 0.2) is 36.8 Å². The summed E-state index contributed by atoms with van der Waals surface area (Å²) in [4.78, 5) is 15.2. The van der Waals surface area contributed by atoms with Crippen molar-refractivity contribution < 1.29 is 0 Å². The molecule has 0 amide bonds. The van der Waals surface area contributed by atoms with Crippen LogP contribution in [0.1, 0.15) is 30.1 Å². The van der Waals surface area contributed by atoms with Gasteiger partial charge in [0.1, 0.15) is 11.6 Å². The lowest BCUT2D eigenvalue weighted by Gasteiger charge is -2.33. The number of pyridine rings is 1. The van der Waals surface area contributed by atoms with E-state index in [0.717, 1.165) is 24.7 Å². The summed E-state index contributed by atoms with van der Waals surface area (Å²) in [6, 6.07) is 6.25. The highest BCUT2D eigenvalue weighted by atomic mass is 15.2. The molecule has 19 heavy (non-hydrogen) atoms. The molecule has 0 radical (unpaired) electrons. The van der Waals surface area contributed by atoms with Crippen molar-refractivity contribution in [3.8, 4) is 0 Å². The molecule has 4 heteroatoms.